The van der Waals surface area contributed by atoms with Gasteiger partial charge in [-0.1, -0.05) is 49.0 Å². The van der Waals surface area contributed by atoms with E-state index in [1.54, 1.807) is 11.8 Å². The lowest BCUT2D eigenvalue weighted by Gasteiger charge is -2.11. The van der Waals surface area contributed by atoms with Gasteiger partial charge in [0.25, 0.3) is 0 Å². The van der Waals surface area contributed by atoms with E-state index < -0.39 is 0 Å². The third-order valence-electron chi connectivity index (χ3n) is 2.43. The minimum Gasteiger partial charge on any atom is -0.379 e. The van der Waals surface area contributed by atoms with Crippen molar-refractivity contribution < 1.29 is 0 Å². The van der Waals surface area contributed by atoms with Gasteiger partial charge < -0.3 is 5.73 Å². The van der Waals surface area contributed by atoms with Gasteiger partial charge in [0.15, 0.2) is 5.17 Å². The van der Waals surface area contributed by atoms with Gasteiger partial charge in [-0.2, -0.15) is 0 Å². The molecule has 1 aromatic carbocycles. The first kappa shape index (κ1) is 9.59. The van der Waals surface area contributed by atoms with Crippen LogP contribution in [0.4, 0.5) is 0 Å². The fourth-order valence-electron chi connectivity index (χ4n) is 1.64. The molecule has 3 heteroatoms. The van der Waals surface area contributed by atoms with E-state index in [0.717, 1.165) is 11.6 Å². The van der Waals surface area contributed by atoms with Crippen molar-refractivity contribution in [3.63, 3.8) is 0 Å². The molecular formula is C11H14N2S. The number of benzene rings is 1. The second-order valence-corrected chi connectivity index (χ2v) is 4.94. The predicted molar refractivity (Wildman–Crippen MR) is 62.6 cm³/mol. The van der Waals surface area contributed by atoms with E-state index in [1.807, 2.05) is 6.07 Å². The Hall–Kier alpha value is -0.960. The van der Waals surface area contributed by atoms with E-state index in [0.29, 0.717) is 11.3 Å². The highest BCUT2D eigenvalue weighted by Gasteiger charge is 2.24. The Bertz CT molecular complexity index is 334. The molecule has 14 heavy (non-hydrogen) atoms. The van der Waals surface area contributed by atoms with Crippen molar-refractivity contribution in [2.75, 3.05) is 0 Å². The maximum atomic E-state index is 5.68. The minimum absolute atomic E-state index is 0.349. The molecule has 0 bridgehead atoms. The average molecular weight is 206 g/mol. The number of rotatable bonds is 2. The second-order valence-electron chi connectivity index (χ2n) is 3.55. The molecule has 0 aliphatic carbocycles. The van der Waals surface area contributed by atoms with Crippen molar-refractivity contribution >= 4 is 16.9 Å². The number of nitrogens with two attached hydrogens (primary N) is 1. The van der Waals surface area contributed by atoms with Crippen LogP contribution in [0.3, 0.4) is 0 Å². The first-order valence-corrected chi connectivity index (χ1v) is 5.67. The van der Waals surface area contributed by atoms with E-state index in [1.165, 1.54) is 5.56 Å². The highest BCUT2D eigenvalue weighted by atomic mass is 32.2. The van der Waals surface area contributed by atoms with Crippen molar-refractivity contribution in [2.45, 2.75) is 24.6 Å². The maximum Gasteiger partial charge on any atom is 0.154 e. The minimum atomic E-state index is 0.349. The number of nitrogens with zero attached hydrogens (tertiary/aromatic N) is 1. The Morgan fingerprint density at radius 3 is 2.64 bits per heavy atom. The van der Waals surface area contributed by atoms with E-state index in [-0.39, 0.29) is 0 Å². The van der Waals surface area contributed by atoms with Crippen LogP contribution in [-0.2, 0) is 6.42 Å². The molecule has 0 saturated carbocycles. The maximum absolute atomic E-state index is 5.68. The normalized spacial score (nSPS) is 26.2. The number of amidine groups is 1. The molecule has 0 aromatic heterocycles. The number of hydrogen-bond donors (Lipinski definition) is 1. The van der Waals surface area contributed by atoms with Gasteiger partial charge in [-0.3, -0.25) is 4.99 Å². The van der Waals surface area contributed by atoms with Gasteiger partial charge in [-0.15, -0.1) is 0 Å². The van der Waals surface area contributed by atoms with Crippen molar-refractivity contribution in [1.29, 1.82) is 0 Å². The van der Waals surface area contributed by atoms with Gasteiger partial charge in [0.2, 0.25) is 0 Å². The Kier molecular flexibility index (Phi) is 2.77. The Morgan fingerprint density at radius 1 is 1.36 bits per heavy atom. The summed E-state index contributed by atoms with van der Waals surface area (Å²) in [5, 5.41) is 1.24. The first-order valence-electron chi connectivity index (χ1n) is 4.79. The van der Waals surface area contributed by atoms with Gasteiger partial charge in [0.1, 0.15) is 0 Å². The molecule has 2 nitrogen and oxygen atoms in total. The van der Waals surface area contributed by atoms with Crippen LogP contribution in [0, 0.1) is 0 Å². The van der Waals surface area contributed by atoms with Gasteiger partial charge >= 0.3 is 0 Å². The molecule has 2 N–H and O–H groups in total. The van der Waals surface area contributed by atoms with Crippen LogP contribution in [0.15, 0.2) is 35.3 Å². The van der Waals surface area contributed by atoms with Crippen molar-refractivity contribution in [3.05, 3.63) is 35.9 Å². The largest absolute Gasteiger partial charge is 0.379 e. The Balaban J connectivity index is 2.05. The summed E-state index contributed by atoms with van der Waals surface area (Å²) in [5.74, 6) is 0. The van der Waals surface area contributed by atoms with Crippen LogP contribution in [0.25, 0.3) is 0 Å². The molecule has 0 radical (unpaired) electrons. The first-order chi connectivity index (χ1) is 6.75. The molecule has 74 valence electrons. The summed E-state index contributed by atoms with van der Waals surface area (Å²) < 4.78 is 0. The van der Waals surface area contributed by atoms with Crippen molar-refractivity contribution in [3.8, 4) is 0 Å². The molecule has 1 heterocycles. The van der Waals surface area contributed by atoms with E-state index in [2.05, 4.69) is 36.2 Å². The molecule has 2 rings (SSSR count). The van der Waals surface area contributed by atoms with E-state index >= 15 is 0 Å². The van der Waals surface area contributed by atoms with Crippen molar-refractivity contribution in [2.24, 2.45) is 10.7 Å². The Labute approximate surface area is 88.6 Å². The molecule has 2 atom stereocenters. The molecule has 1 aliphatic rings. The van der Waals surface area contributed by atoms with Crippen LogP contribution >= 0.6 is 11.8 Å². The molecule has 1 aliphatic heterocycles. The quantitative estimate of drug-likeness (QED) is 0.804. The number of thioether (sulfide) groups is 1. The highest BCUT2D eigenvalue weighted by molar-refractivity contribution is 8.14. The third kappa shape index (κ3) is 2.10. The summed E-state index contributed by atoms with van der Waals surface area (Å²) >= 11 is 1.68. The van der Waals surface area contributed by atoms with Gasteiger partial charge in [0.05, 0.1) is 6.04 Å². The molecule has 0 unspecified atom stereocenters. The zero-order valence-electron chi connectivity index (χ0n) is 8.18. The summed E-state index contributed by atoms with van der Waals surface area (Å²) in [6.45, 7) is 2.18. The third-order valence-corrected chi connectivity index (χ3v) is 3.46. The Morgan fingerprint density at radius 2 is 2.07 bits per heavy atom. The lowest BCUT2D eigenvalue weighted by Crippen LogP contribution is -2.16. The molecule has 0 fully saturated rings. The van der Waals surface area contributed by atoms with Crippen LogP contribution in [0.5, 0.6) is 0 Å². The average Bonchev–Trinajstić information content (AvgIpc) is 2.47. The molecule has 0 saturated heterocycles. The lowest BCUT2D eigenvalue weighted by molar-refractivity contribution is 0.675. The fraction of sp³-hybridized carbons (Fsp3) is 0.364. The summed E-state index contributed by atoms with van der Waals surface area (Å²) in [5.41, 5.74) is 7.02. The van der Waals surface area contributed by atoms with Gasteiger partial charge in [-0.25, -0.2) is 0 Å². The predicted octanol–water partition coefficient (Wildman–Crippen LogP) is 2.05. The molecule has 0 amide bonds. The molecule has 1 aromatic rings. The molecule has 0 spiro atoms. The fourth-order valence-corrected chi connectivity index (χ4v) is 2.53. The van der Waals surface area contributed by atoms with Crippen LogP contribution < -0.4 is 5.73 Å². The lowest BCUT2D eigenvalue weighted by atomic mass is 10.0. The van der Waals surface area contributed by atoms with Gasteiger partial charge in [0, 0.05) is 5.25 Å². The van der Waals surface area contributed by atoms with Crippen LogP contribution in [-0.4, -0.2) is 16.5 Å². The standard InChI is InChI=1S/C11H14N2S/c1-8-10(13-11(12)14-8)7-9-5-3-2-4-6-9/h2-6,8,10H,7H2,1H3,(H2,12,13)/t8-,10+/m1/s1. The number of hydrogen-bond acceptors (Lipinski definition) is 3. The zero-order valence-corrected chi connectivity index (χ0v) is 9.00. The highest BCUT2D eigenvalue weighted by Crippen LogP contribution is 2.26. The molecular weight excluding hydrogens is 192 g/mol. The summed E-state index contributed by atoms with van der Waals surface area (Å²) in [4.78, 5) is 4.42. The van der Waals surface area contributed by atoms with E-state index in [9.17, 15) is 0 Å². The summed E-state index contributed by atoms with van der Waals surface area (Å²) in [7, 11) is 0. The number of aliphatic imine (C=N–C) groups is 1. The second kappa shape index (κ2) is 4.05. The SMILES string of the molecule is C[C@H]1SC(N)=N[C@H]1Cc1ccccc1. The monoisotopic (exact) mass is 206 g/mol. The smallest absolute Gasteiger partial charge is 0.154 e. The van der Waals surface area contributed by atoms with Crippen molar-refractivity contribution in [1.82, 2.24) is 0 Å². The summed E-state index contributed by atoms with van der Waals surface area (Å²) in [6.07, 6.45) is 0.996. The van der Waals surface area contributed by atoms with Gasteiger partial charge in [-0.05, 0) is 12.0 Å². The van der Waals surface area contributed by atoms with E-state index in [4.69, 9.17) is 5.73 Å². The van der Waals surface area contributed by atoms with Crippen LogP contribution in [0.1, 0.15) is 12.5 Å². The zero-order chi connectivity index (χ0) is 9.97. The topological polar surface area (TPSA) is 38.4 Å². The summed E-state index contributed by atoms with van der Waals surface area (Å²) in [6, 6.07) is 10.8. The van der Waals surface area contributed by atoms with Crippen LogP contribution in [0.2, 0.25) is 0 Å².